The van der Waals surface area contributed by atoms with E-state index in [1.54, 1.807) is 11.6 Å². The van der Waals surface area contributed by atoms with Crippen LogP contribution in [0.25, 0.3) is 0 Å². The van der Waals surface area contributed by atoms with E-state index in [-0.39, 0.29) is 22.2 Å². The molecule has 1 amide bonds. The highest BCUT2D eigenvalue weighted by molar-refractivity contribution is 7.13. The fraction of sp³-hybridized carbons (Fsp3) is 0.333. The fourth-order valence-corrected chi connectivity index (χ4v) is 2.37. The summed E-state index contributed by atoms with van der Waals surface area (Å²) >= 11 is 7.41. The summed E-state index contributed by atoms with van der Waals surface area (Å²) in [5.74, 6) is -0.371. The zero-order chi connectivity index (χ0) is 14.0. The highest BCUT2D eigenvalue weighted by atomic mass is 35.5. The van der Waals surface area contributed by atoms with Crippen molar-refractivity contribution >= 4 is 34.0 Å². The first-order chi connectivity index (χ1) is 8.88. The van der Waals surface area contributed by atoms with Gasteiger partial charge in [-0.1, -0.05) is 32.4 Å². The quantitative estimate of drug-likeness (QED) is 0.924. The van der Waals surface area contributed by atoms with Gasteiger partial charge in [0.05, 0.1) is 11.9 Å². The molecule has 0 bridgehead atoms. The lowest BCUT2D eigenvalue weighted by Gasteiger charge is -2.18. The molecule has 0 aliphatic rings. The van der Waals surface area contributed by atoms with Crippen molar-refractivity contribution in [1.82, 2.24) is 15.0 Å². The van der Waals surface area contributed by atoms with Crippen molar-refractivity contribution in [2.75, 3.05) is 5.32 Å². The molecule has 0 aromatic carbocycles. The van der Waals surface area contributed by atoms with Gasteiger partial charge in [0, 0.05) is 17.0 Å². The molecular formula is C12H13ClN4OS. The summed E-state index contributed by atoms with van der Waals surface area (Å²) in [5, 5.41) is 5.17. The first kappa shape index (κ1) is 13.9. The second-order valence-corrected chi connectivity index (χ2v) is 6.19. The van der Waals surface area contributed by atoms with Gasteiger partial charge in [-0.3, -0.25) is 15.1 Å². The average molecular weight is 297 g/mol. The molecule has 0 aliphatic heterocycles. The van der Waals surface area contributed by atoms with Crippen LogP contribution < -0.4 is 5.32 Å². The number of amides is 1. The van der Waals surface area contributed by atoms with Crippen LogP contribution in [0, 0.1) is 0 Å². The molecule has 19 heavy (non-hydrogen) atoms. The molecule has 0 spiro atoms. The smallest absolute Gasteiger partial charge is 0.277 e. The molecule has 2 aromatic rings. The summed E-state index contributed by atoms with van der Waals surface area (Å²) in [6, 6.07) is 0. The lowest BCUT2D eigenvalue weighted by atomic mass is 9.92. The lowest BCUT2D eigenvalue weighted by Crippen LogP contribution is -2.19. The molecule has 7 heteroatoms. The highest BCUT2D eigenvalue weighted by Crippen LogP contribution is 2.25. The van der Waals surface area contributed by atoms with E-state index in [9.17, 15) is 4.79 Å². The zero-order valence-corrected chi connectivity index (χ0v) is 12.3. The Bertz CT molecular complexity index is 592. The minimum absolute atomic E-state index is 0.174. The number of carbonyl (C=O) groups is 1. The van der Waals surface area contributed by atoms with Crippen molar-refractivity contribution in [3.05, 3.63) is 34.3 Å². The van der Waals surface area contributed by atoms with Crippen molar-refractivity contribution in [3.8, 4) is 0 Å². The molecular weight excluding hydrogens is 284 g/mol. The molecule has 0 fully saturated rings. The maximum atomic E-state index is 11.9. The summed E-state index contributed by atoms with van der Waals surface area (Å²) in [6.45, 7) is 5.95. The van der Waals surface area contributed by atoms with Crippen LogP contribution >= 0.6 is 22.9 Å². The van der Waals surface area contributed by atoms with E-state index >= 15 is 0 Å². The van der Waals surface area contributed by atoms with Gasteiger partial charge in [-0.05, 0) is 0 Å². The van der Waals surface area contributed by atoms with Crippen LogP contribution in [-0.2, 0) is 5.41 Å². The van der Waals surface area contributed by atoms with E-state index in [2.05, 4.69) is 20.3 Å². The van der Waals surface area contributed by atoms with Crippen molar-refractivity contribution in [1.29, 1.82) is 0 Å². The summed E-state index contributed by atoms with van der Waals surface area (Å²) in [7, 11) is 0. The number of aromatic nitrogens is 3. The predicted molar refractivity (Wildman–Crippen MR) is 75.8 cm³/mol. The zero-order valence-electron chi connectivity index (χ0n) is 10.8. The van der Waals surface area contributed by atoms with E-state index in [0.29, 0.717) is 10.8 Å². The van der Waals surface area contributed by atoms with Crippen molar-refractivity contribution in [2.24, 2.45) is 0 Å². The van der Waals surface area contributed by atoms with Gasteiger partial charge in [-0.25, -0.2) is 9.97 Å². The van der Waals surface area contributed by atoms with Crippen LogP contribution in [0.1, 0.15) is 37.0 Å². The van der Waals surface area contributed by atoms with E-state index in [1.807, 2.05) is 20.8 Å². The third-order valence-electron chi connectivity index (χ3n) is 2.33. The van der Waals surface area contributed by atoms with Gasteiger partial charge >= 0.3 is 0 Å². The number of hydrogen-bond donors (Lipinski definition) is 1. The van der Waals surface area contributed by atoms with E-state index < -0.39 is 0 Å². The SMILES string of the molecule is CC(C)(C)c1ncc(C(=O)Nc2nccs2)nc1Cl. The standard InChI is InChI=1S/C12H13ClN4OS/c1-12(2,3)8-9(13)16-7(6-15-8)10(18)17-11-14-4-5-19-11/h4-6H,1-3H3,(H,14,17,18). The Balaban J connectivity index is 2.22. The highest BCUT2D eigenvalue weighted by Gasteiger charge is 2.21. The summed E-state index contributed by atoms with van der Waals surface area (Å²) in [5.41, 5.74) is 0.627. The minimum Gasteiger partial charge on any atom is -0.296 e. The van der Waals surface area contributed by atoms with Gasteiger partial charge in [0.1, 0.15) is 5.69 Å². The number of thiazole rings is 1. The predicted octanol–water partition coefficient (Wildman–Crippen LogP) is 3.14. The largest absolute Gasteiger partial charge is 0.296 e. The number of nitrogens with one attached hydrogen (secondary N) is 1. The van der Waals surface area contributed by atoms with Gasteiger partial charge in [-0.2, -0.15) is 0 Å². The second kappa shape index (κ2) is 5.22. The Kier molecular flexibility index (Phi) is 3.82. The molecule has 0 saturated heterocycles. The van der Waals surface area contributed by atoms with Gasteiger partial charge in [0.15, 0.2) is 10.3 Å². The third kappa shape index (κ3) is 3.27. The normalized spacial score (nSPS) is 11.4. The molecule has 2 heterocycles. The first-order valence-electron chi connectivity index (χ1n) is 5.62. The maximum absolute atomic E-state index is 11.9. The van der Waals surface area contributed by atoms with Gasteiger partial charge < -0.3 is 0 Å². The molecule has 0 saturated carbocycles. The van der Waals surface area contributed by atoms with E-state index in [4.69, 9.17) is 11.6 Å². The molecule has 0 unspecified atom stereocenters. The Morgan fingerprint density at radius 2 is 2.11 bits per heavy atom. The number of nitrogens with zero attached hydrogens (tertiary/aromatic N) is 3. The van der Waals surface area contributed by atoms with E-state index in [0.717, 1.165) is 0 Å². The number of carbonyl (C=O) groups excluding carboxylic acids is 1. The van der Waals surface area contributed by atoms with E-state index in [1.165, 1.54) is 17.5 Å². The van der Waals surface area contributed by atoms with Crippen LogP contribution in [0.4, 0.5) is 5.13 Å². The fourth-order valence-electron chi connectivity index (χ4n) is 1.43. The van der Waals surface area contributed by atoms with Crippen molar-refractivity contribution in [3.63, 3.8) is 0 Å². The number of rotatable bonds is 2. The van der Waals surface area contributed by atoms with Crippen LogP contribution in [0.15, 0.2) is 17.8 Å². The first-order valence-corrected chi connectivity index (χ1v) is 6.87. The summed E-state index contributed by atoms with van der Waals surface area (Å²) in [6.07, 6.45) is 3.04. The minimum atomic E-state index is -0.371. The summed E-state index contributed by atoms with van der Waals surface area (Å²) in [4.78, 5) is 24.2. The molecule has 0 atom stereocenters. The lowest BCUT2D eigenvalue weighted by molar-refractivity contribution is 0.102. The van der Waals surface area contributed by atoms with Crippen molar-refractivity contribution in [2.45, 2.75) is 26.2 Å². The van der Waals surface area contributed by atoms with Crippen molar-refractivity contribution < 1.29 is 4.79 Å². The van der Waals surface area contributed by atoms with Gasteiger partial charge in [0.25, 0.3) is 5.91 Å². The number of anilines is 1. The molecule has 100 valence electrons. The molecule has 0 aliphatic carbocycles. The van der Waals surface area contributed by atoms with Gasteiger partial charge in [0.2, 0.25) is 0 Å². The molecule has 2 rings (SSSR count). The molecule has 2 aromatic heterocycles. The number of hydrogen-bond acceptors (Lipinski definition) is 5. The molecule has 5 nitrogen and oxygen atoms in total. The van der Waals surface area contributed by atoms with Crippen LogP contribution in [0.3, 0.4) is 0 Å². The van der Waals surface area contributed by atoms with Crippen LogP contribution in [-0.4, -0.2) is 20.9 Å². The van der Waals surface area contributed by atoms with Crippen LogP contribution in [0.5, 0.6) is 0 Å². The van der Waals surface area contributed by atoms with Gasteiger partial charge in [-0.15, -0.1) is 11.3 Å². The van der Waals surface area contributed by atoms with Crippen LogP contribution in [0.2, 0.25) is 5.15 Å². The Labute approximate surface area is 120 Å². The topological polar surface area (TPSA) is 67.8 Å². The Hall–Kier alpha value is -1.53. The monoisotopic (exact) mass is 296 g/mol. The Morgan fingerprint density at radius 1 is 1.37 bits per heavy atom. The maximum Gasteiger partial charge on any atom is 0.277 e. The molecule has 1 N–H and O–H groups in total. The second-order valence-electron chi connectivity index (χ2n) is 4.94. The third-order valence-corrected chi connectivity index (χ3v) is 3.28. The molecule has 0 radical (unpaired) electrons. The number of halogens is 1. The summed E-state index contributed by atoms with van der Waals surface area (Å²) < 4.78 is 0. The Morgan fingerprint density at radius 3 is 2.63 bits per heavy atom. The average Bonchev–Trinajstić information content (AvgIpc) is 2.79.